The first kappa shape index (κ1) is 18.4. The number of guanidine groups is 1. The Kier molecular flexibility index (Phi) is 6.22. The lowest BCUT2D eigenvalue weighted by molar-refractivity contribution is 0.192. The van der Waals surface area contributed by atoms with Crippen molar-refractivity contribution >= 4 is 5.96 Å². The minimum atomic E-state index is 0.403. The van der Waals surface area contributed by atoms with Crippen LogP contribution in [0.4, 0.5) is 0 Å². The lowest BCUT2D eigenvalue weighted by Crippen LogP contribution is -2.50. The zero-order valence-corrected chi connectivity index (χ0v) is 15.9. The fourth-order valence-corrected chi connectivity index (χ4v) is 3.31. The van der Waals surface area contributed by atoms with E-state index in [0.29, 0.717) is 12.6 Å². The van der Waals surface area contributed by atoms with Crippen molar-refractivity contribution in [2.24, 2.45) is 12.0 Å². The molecule has 140 valence electrons. The summed E-state index contributed by atoms with van der Waals surface area (Å²) in [5.74, 6) is 2.63. The monoisotopic (exact) mass is 355 g/mol. The second kappa shape index (κ2) is 8.80. The first-order valence-electron chi connectivity index (χ1n) is 9.24. The fourth-order valence-electron chi connectivity index (χ4n) is 3.31. The Morgan fingerprint density at radius 2 is 2.08 bits per heavy atom. The SMILES string of the molecule is CN=C(NCc1nnc(C)n1C)NC1CCCN(Cc2ccccc2)C1. The number of aliphatic imine (C=N–C) groups is 1. The third-order valence-electron chi connectivity index (χ3n) is 4.92. The molecule has 1 aromatic carbocycles. The van der Waals surface area contributed by atoms with Crippen LogP contribution < -0.4 is 10.6 Å². The van der Waals surface area contributed by atoms with Crippen LogP contribution in [-0.2, 0) is 20.1 Å². The molecule has 26 heavy (non-hydrogen) atoms. The van der Waals surface area contributed by atoms with E-state index >= 15 is 0 Å². The van der Waals surface area contributed by atoms with Gasteiger partial charge in [-0.05, 0) is 31.9 Å². The van der Waals surface area contributed by atoms with E-state index in [0.717, 1.165) is 43.7 Å². The summed E-state index contributed by atoms with van der Waals surface area (Å²) in [6, 6.07) is 11.1. The predicted octanol–water partition coefficient (Wildman–Crippen LogP) is 1.45. The minimum Gasteiger partial charge on any atom is -0.352 e. The highest BCUT2D eigenvalue weighted by Gasteiger charge is 2.20. The predicted molar refractivity (Wildman–Crippen MR) is 104 cm³/mol. The molecule has 1 unspecified atom stereocenters. The smallest absolute Gasteiger partial charge is 0.191 e. The molecule has 0 amide bonds. The van der Waals surface area contributed by atoms with E-state index in [2.05, 4.69) is 61.1 Å². The molecule has 0 saturated carbocycles. The summed E-state index contributed by atoms with van der Waals surface area (Å²) in [4.78, 5) is 6.87. The number of benzene rings is 1. The molecule has 1 atom stereocenters. The summed E-state index contributed by atoms with van der Waals surface area (Å²) in [5.41, 5.74) is 1.37. The van der Waals surface area contributed by atoms with Crippen LogP contribution in [0.25, 0.3) is 0 Å². The van der Waals surface area contributed by atoms with E-state index in [4.69, 9.17) is 0 Å². The maximum absolute atomic E-state index is 4.36. The van der Waals surface area contributed by atoms with E-state index < -0.39 is 0 Å². The third-order valence-corrected chi connectivity index (χ3v) is 4.92. The summed E-state index contributed by atoms with van der Waals surface area (Å²) < 4.78 is 1.99. The van der Waals surface area contributed by atoms with E-state index in [9.17, 15) is 0 Å². The topological polar surface area (TPSA) is 70.4 Å². The molecule has 7 heteroatoms. The Bertz CT molecular complexity index is 723. The van der Waals surface area contributed by atoms with Crippen LogP contribution in [-0.4, -0.2) is 51.8 Å². The average Bonchev–Trinajstić information content (AvgIpc) is 2.98. The van der Waals surface area contributed by atoms with Crippen molar-refractivity contribution in [2.75, 3.05) is 20.1 Å². The quantitative estimate of drug-likeness (QED) is 0.628. The second-order valence-corrected chi connectivity index (χ2v) is 6.85. The Balaban J connectivity index is 1.50. The second-order valence-electron chi connectivity index (χ2n) is 6.85. The van der Waals surface area contributed by atoms with Gasteiger partial charge in [0.25, 0.3) is 0 Å². The van der Waals surface area contributed by atoms with E-state index in [1.165, 1.54) is 12.0 Å². The first-order valence-corrected chi connectivity index (χ1v) is 9.24. The molecule has 1 aliphatic heterocycles. The molecule has 1 aromatic heterocycles. The van der Waals surface area contributed by atoms with Gasteiger partial charge in [-0.2, -0.15) is 0 Å². The number of likely N-dealkylation sites (tertiary alicyclic amines) is 1. The molecule has 1 fully saturated rings. The van der Waals surface area contributed by atoms with E-state index in [1.807, 2.05) is 25.6 Å². The molecule has 7 nitrogen and oxygen atoms in total. The molecule has 0 radical (unpaired) electrons. The highest BCUT2D eigenvalue weighted by molar-refractivity contribution is 5.79. The lowest BCUT2D eigenvalue weighted by Gasteiger charge is -2.34. The number of hydrogen-bond donors (Lipinski definition) is 2. The van der Waals surface area contributed by atoms with Crippen molar-refractivity contribution in [2.45, 2.75) is 38.9 Å². The standard InChI is InChI=1S/C19H29N7/c1-15-23-24-18(25(15)3)12-21-19(20-2)22-17-10-7-11-26(14-17)13-16-8-5-4-6-9-16/h4-6,8-9,17H,7,10-14H2,1-3H3,(H2,20,21,22). The minimum absolute atomic E-state index is 0.403. The van der Waals surface area contributed by atoms with Crippen LogP contribution in [0.2, 0.25) is 0 Å². The molecule has 1 aliphatic rings. The average molecular weight is 355 g/mol. The maximum atomic E-state index is 4.36. The molecule has 0 aliphatic carbocycles. The number of rotatable bonds is 5. The van der Waals surface area contributed by atoms with Crippen LogP contribution in [0.1, 0.15) is 30.1 Å². The van der Waals surface area contributed by atoms with Crippen molar-refractivity contribution in [3.8, 4) is 0 Å². The van der Waals surface area contributed by atoms with Crippen LogP contribution in [0.15, 0.2) is 35.3 Å². The van der Waals surface area contributed by atoms with Gasteiger partial charge in [0.05, 0.1) is 6.54 Å². The van der Waals surface area contributed by atoms with Gasteiger partial charge in [0, 0.05) is 33.2 Å². The van der Waals surface area contributed by atoms with E-state index in [1.54, 1.807) is 0 Å². The molecule has 2 N–H and O–H groups in total. The Morgan fingerprint density at radius 1 is 1.27 bits per heavy atom. The number of aromatic nitrogens is 3. The van der Waals surface area contributed by atoms with Crippen molar-refractivity contribution in [3.05, 3.63) is 47.5 Å². The Morgan fingerprint density at radius 3 is 2.77 bits per heavy atom. The van der Waals surface area contributed by atoms with Crippen molar-refractivity contribution in [1.82, 2.24) is 30.3 Å². The van der Waals surface area contributed by atoms with Crippen LogP contribution in [0, 0.1) is 6.92 Å². The molecule has 0 bridgehead atoms. The fraction of sp³-hybridized carbons (Fsp3) is 0.526. The van der Waals surface area contributed by atoms with Gasteiger partial charge >= 0.3 is 0 Å². The summed E-state index contributed by atoms with van der Waals surface area (Å²) in [5, 5.41) is 15.2. The van der Waals surface area contributed by atoms with Gasteiger partial charge < -0.3 is 15.2 Å². The largest absolute Gasteiger partial charge is 0.352 e. The summed E-state index contributed by atoms with van der Waals surface area (Å²) in [6.45, 7) is 5.74. The maximum Gasteiger partial charge on any atom is 0.191 e. The highest BCUT2D eigenvalue weighted by Crippen LogP contribution is 2.13. The van der Waals surface area contributed by atoms with Gasteiger partial charge in [0.15, 0.2) is 11.8 Å². The van der Waals surface area contributed by atoms with Crippen molar-refractivity contribution < 1.29 is 0 Å². The van der Waals surface area contributed by atoms with Crippen LogP contribution in [0.5, 0.6) is 0 Å². The molecule has 3 rings (SSSR count). The van der Waals surface area contributed by atoms with Gasteiger partial charge in [-0.25, -0.2) is 0 Å². The number of nitrogens with one attached hydrogen (secondary N) is 2. The van der Waals surface area contributed by atoms with Gasteiger partial charge in [0.1, 0.15) is 5.82 Å². The summed E-state index contributed by atoms with van der Waals surface area (Å²) >= 11 is 0. The normalized spacial score (nSPS) is 18.7. The van der Waals surface area contributed by atoms with Crippen LogP contribution in [0.3, 0.4) is 0 Å². The molecule has 2 heterocycles. The van der Waals surface area contributed by atoms with Crippen molar-refractivity contribution in [3.63, 3.8) is 0 Å². The van der Waals surface area contributed by atoms with Gasteiger partial charge in [0.2, 0.25) is 0 Å². The number of nitrogens with zero attached hydrogens (tertiary/aromatic N) is 5. The third kappa shape index (κ3) is 4.82. The van der Waals surface area contributed by atoms with Gasteiger partial charge in [-0.1, -0.05) is 30.3 Å². The zero-order chi connectivity index (χ0) is 18.4. The Labute approximate surface area is 155 Å². The van der Waals surface area contributed by atoms with Crippen molar-refractivity contribution in [1.29, 1.82) is 0 Å². The molecular weight excluding hydrogens is 326 g/mol. The number of aryl methyl sites for hydroxylation is 1. The van der Waals surface area contributed by atoms with E-state index in [-0.39, 0.29) is 0 Å². The number of hydrogen-bond acceptors (Lipinski definition) is 4. The van der Waals surface area contributed by atoms with Gasteiger partial charge in [-0.15, -0.1) is 10.2 Å². The Hall–Kier alpha value is -2.41. The van der Waals surface area contributed by atoms with Gasteiger partial charge in [-0.3, -0.25) is 9.89 Å². The number of piperidine rings is 1. The lowest BCUT2D eigenvalue weighted by atomic mass is 10.0. The zero-order valence-electron chi connectivity index (χ0n) is 15.9. The highest BCUT2D eigenvalue weighted by atomic mass is 15.3. The molecule has 0 spiro atoms. The molecular formula is C19H29N7. The first-order chi connectivity index (χ1) is 12.7. The molecule has 2 aromatic rings. The summed E-state index contributed by atoms with van der Waals surface area (Å²) in [6.07, 6.45) is 2.36. The van der Waals surface area contributed by atoms with Crippen LogP contribution >= 0.6 is 0 Å². The molecule has 1 saturated heterocycles. The summed E-state index contributed by atoms with van der Waals surface area (Å²) in [7, 11) is 3.78.